The zero-order valence-corrected chi connectivity index (χ0v) is 11.2. The van der Waals surface area contributed by atoms with Crippen molar-refractivity contribution in [1.82, 2.24) is 5.32 Å². The minimum Gasteiger partial charge on any atom is -0.504 e. The maximum atomic E-state index is 12.0. The van der Waals surface area contributed by atoms with Crippen LogP contribution >= 0.6 is 0 Å². The molecule has 1 amide bonds. The van der Waals surface area contributed by atoms with Gasteiger partial charge in [-0.25, -0.2) is 0 Å². The second-order valence-corrected chi connectivity index (χ2v) is 5.41. The van der Waals surface area contributed by atoms with Gasteiger partial charge in [0.2, 0.25) is 5.91 Å². The lowest BCUT2D eigenvalue weighted by atomic mass is 9.77. The van der Waals surface area contributed by atoms with Crippen molar-refractivity contribution in [1.29, 1.82) is 0 Å². The van der Waals surface area contributed by atoms with E-state index in [2.05, 4.69) is 5.32 Å². The number of carbonyl (C=O) groups excluding carboxylic acids is 1. The van der Waals surface area contributed by atoms with Gasteiger partial charge < -0.3 is 26.4 Å². The fraction of sp³-hybridized carbons (Fsp3) is 0.500. The lowest BCUT2D eigenvalue weighted by Crippen LogP contribution is -2.59. The fourth-order valence-electron chi connectivity index (χ4n) is 2.32. The lowest BCUT2D eigenvalue weighted by Gasteiger charge is -2.41. The Kier molecular flexibility index (Phi) is 4.15. The van der Waals surface area contributed by atoms with Crippen molar-refractivity contribution >= 4 is 5.91 Å². The quantitative estimate of drug-likeness (QED) is 0.487. The van der Waals surface area contributed by atoms with Crippen molar-refractivity contribution in [3.63, 3.8) is 0 Å². The van der Waals surface area contributed by atoms with Crippen LogP contribution in [0, 0.1) is 0 Å². The first kappa shape index (κ1) is 14.6. The summed E-state index contributed by atoms with van der Waals surface area (Å²) < 4.78 is 0. The average molecular weight is 280 g/mol. The summed E-state index contributed by atoms with van der Waals surface area (Å²) in [5.74, 6) is -0.757. The standard InChI is InChI=1S/C14H20N2O4/c15-10(6-9-2-3-11(18)12(19)7-9)13(20)16-14(8-17)4-1-5-14/h2-3,7,10,17-19H,1,4-6,8,15H2,(H,16,20)/t10-/m0/s1. The number of aliphatic hydroxyl groups is 1. The zero-order chi connectivity index (χ0) is 14.8. The second kappa shape index (κ2) is 5.68. The Bertz CT molecular complexity index is 494. The Morgan fingerprint density at radius 2 is 2.05 bits per heavy atom. The number of hydrogen-bond donors (Lipinski definition) is 5. The van der Waals surface area contributed by atoms with Crippen LogP contribution in [0.15, 0.2) is 18.2 Å². The molecule has 6 nitrogen and oxygen atoms in total. The van der Waals surface area contributed by atoms with Gasteiger partial charge in [-0.3, -0.25) is 4.79 Å². The first-order valence-electron chi connectivity index (χ1n) is 6.65. The van der Waals surface area contributed by atoms with E-state index in [4.69, 9.17) is 5.73 Å². The second-order valence-electron chi connectivity index (χ2n) is 5.41. The van der Waals surface area contributed by atoms with Crippen LogP contribution in [-0.4, -0.2) is 39.4 Å². The fourth-order valence-corrected chi connectivity index (χ4v) is 2.32. The first-order chi connectivity index (χ1) is 9.46. The highest BCUT2D eigenvalue weighted by Gasteiger charge is 2.38. The minimum absolute atomic E-state index is 0.0779. The monoisotopic (exact) mass is 280 g/mol. The molecular weight excluding hydrogens is 260 g/mol. The van der Waals surface area contributed by atoms with E-state index in [-0.39, 0.29) is 30.4 Å². The van der Waals surface area contributed by atoms with Crippen LogP contribution in [0.2, 0.25) is 0 Å². The van der Waals surface area contributed by atoms with Gasteiger partial charge in [0, 0.05) is 0 Å². The minimum atomic E-state index is -0.761. The van der Waals surface area contributed by atoms with Crippen LogP contribution < -0.4 is 11.1 Å². The smallest absolute Gasteiger partial charge is 0.237 e. The summed E-state index contributed by atoms with van der Waals surface area (Å²) >= 11 is 0. The highest BCUT2D eigenvalue weighted by Crippen LogP contribution is 2.31. The Morgan fingerprint density at radius 1 is 1.35 bits per heavy atom. The largest absolute Gasteiger partial charge is 0.504 e. The van der Waals surface area contributed by atoms with Crippen molar-refractivity contribution in [2.24, 2.45) is 5.73 Å². The summed E-state index contributed by atoms with van der Waals surface area (Å²) in [6.07, 6.45) is 2.77. The normalized spacial score (nSPS) is 18.1. The number of nitrogens with two attached hydrogens (primary N) is 1. The zero-order valence-electron chi connectivity index (χ0n) is 11.2. The van der Waals surface area contributed by atoms with Gasteiger partial charge in [-0.15, -0.1) is 0 Å². The molecule has 1 aliphatic rings. The number of carbonyl (C=O) groups is 1. The number of aromatic hydroxyl groups is 2. The number of amides is 1. The predicted molar refractivity (Wildman–Crippen MR) is 73.3 cm³/mol. The molecule has 1 fully saturated rings. The third-order valence-electron chi connectivity index (χ3n) is 3.83. The van der Waals surface area contributed by atoms with E-state index in [9.17, 15) is 20.1 Å². The number of aliphatic hydroxyl groups excluding tert-OH is 1. The van der Waals surface area contributed by atoms with E-state index in [1.54, 1.807) is 6.07 Å². The number of nitrogens with one attached hydrogen (secondary N) is 1. The van der Waals surface area contributed by atoms with Gasteiger partial charge in [0.05, 0.1) is 18.2 Å². The molecule has 0 aromatic heterocycles. The molecule has 20 heavy (non-hydrogen) atoms. The van der Waals surface area contributed by atoms with Gasteiger partial charge in [-0.1, -0.05) is 6.07 Å². The number of phenolic OH excluding ortho intramolecular Hbond substituents is 2. The van der Waals surface area contributed by atoms with Crippen molar-refractivity contribution in [2.45, 2.75) is 37.3 Å². The van der Waals surface area contributed by atoms with Gasteiger partial charge in [0.25, 0.3) is 0 Å². The molecule has 6 heteroatoms. The molecule has 2 rings (SSSR count). The predicted octanol–water partition coefficient (Wildman–Crippen LogP) is -0.00120. The Balaban J connectivity index is 1.95. The summed E-state index contributed by atoms with van der Waals surface area (Å²) in [5, 5.41) is 30.7. The number of rotatable bonds is 5. The van der Waals surface area contributed by atoms with Crippen molar-refractivity contribution in [2.75, 3.05) is 6.61 Å². The van der Waals surface area contributed by atoms with Crippen LogP contribution in [0.25, 0.3) is 0 Å². The summed E-state index contributed by atoms with van der Waals surface area (Å²) in [5.41, 5.74) is 5.99. The lowest BCUT2D eigenvalue weighted by molar-refractivity contribution is -0.126. The number of phenols is 2. The molecule has 1 aromatic rings. The molecule has 0 aliphatic heterocycles. The molecule has 1 aliphatic carbocycles. The highest BCUT2D eigenvalue weighted by molar-refractivity contribution is 5.82. The highest BCUT2D eigenvalue weighted by atomic mass is 16.3. The molecule has 0 saturated heterocycles. The summed E-state index contributed by atoms with van der Waals surface area (Å²) in [6, 6.07) is 3.58. The van der Waals surface area contributed by atoms with Crippen LogP contribution in [0.5, 0.6) is 11.5 Å². The van der Waals surface area contributed by atoms with E-state index in [0.29, 0.717) is 5.56 Å². The molecule has 1 aromatic carbocycles. The Hall–Kier alpha value is -1.79. The molecule has 1 saturated carbocycles. The molecule has 0 heterocycles. The number of benzene rings is 1. The van der Waals surface area contributed by atoms with Crippen LogP contribution in [0.3, 0.4) is 0 Å². The maximum absolute atomic E-state index is 12.0. The van der Waals surface area contributed by atoms with Crippen LogP contribution in [0.1, 0.15) is 24.8 Å². The van der Waals surface area contributed by atoms with Gasteiger partial charge in [-0.2, -0.15) is 0 Å². The topological polar surface area (TPSA) is 116 Å². The van der Waals surface area contributed by atoms with E-state index in [1.807, 2.05) is 0 Å². The van der Waals surface area contributed by atoms with E-state index >= 15 is 0 Å². The first-order valence-corrected chi connectivity index (χ1v) is 6.65. The van der Waals surface area contributed by atoms with Gasteiger partial charge >= 0.3 is 0 Å². The van der Waals surface area contributed by atoms with Gasteiger partial charge in [0.15, 0.2) is 11.5 Å². The number of hydrogen-bond acceptors (Lipinski definition) is 5. The Labute approximate surface area is 117 Å². The Morgan fingerprint density at radius 3 is 2.55 bits per heavy atom. The summed E-state index contributed by atoms with van der Waals surface area (Å²) in [6.45, 7) is -0.0779. The van der Waals surface area contributed by atoms with Gasteiger partial charge in [0.1, 0.15) is 0 Å². The molecule has 0 spiro atoms. The average Bonchev–Trinajstić information content (AvgIpc) is 2.38. The molecule has 0 bridgehead atoms. The summed E-state index contributed by atoms with van der Waals surface area (Å²) in [7, 11) is 0. The third-order valence-corrected chi connectivity index (χ3v) is 3.83. The van der Waals surface area contributed by atoms with Crippen molar-refractivity contribution < 1.29 is 20.1 Å². The van der Waals surface area contributed by atoms with Gasteiger partial charge in [-0.05, 0) is 43.4 Å². The molecule has 6 N–H and O–H groups in total. The van der Waals surface area contributed by atoms with Crippen molar-refractivity contribution in [3.8, 4) is 11.5 Å². The van der Waals surface area contributed by atoms with E-state index in [1.165, 1.54) is 12.1 Å². The molecule has 1 atom stereocenters. The molecule has 0 unspecified atom stereocenters. The third kappa shape index (κ3) is 3.02. The molecule has 110 valence electrons. The van der Waals surface area contributed by atoms with Crippen molar-refractivity contribution in [3.05, 3.63) is 23.8 Å². The van der Waals surface area contributed by atoms with E-state index < -0.39 is 11.6 Å². The maximum Gasteiger partial charge on any atom is 0.237 e. The molecule has 0 radical (unpaired) electrons. The summed E-state index contributed by atoms with van der Waals surface area (Å²) in [4.78, 5) is 12.0. The SMILES string of the molecule is N[C@@H](Cc1ccc(O)c(O)c1)C(=O)NC1(CO)CCC1. The molecular formula is C14H20N2O4. The van der Waals surface area contributed by atoms with Crippen LogP contribution in [0.4, 0.5) is 0 Å². The van der Waals surface area contributed by atoms with Crippen LogP contribution in [-0.2, 0) is 11.2 Å². The van der Waals surface area contributed by atoms with E-state index in [0.717, 1.165) is 19.3 Å².